The van der Waals surface area contributed by atoms with Crippen LogP contribution in [0.1, 0.15) is 29.7 Å². The number of halogens is 1. The Kier molecular flexibility index (Phi) is 9.27. The van der Waals surface area contributed by atoms with E-state index in [0.29, 0.717) is 31.8 Å². The van der Waals surface area contributed by atoms with Crippen molar-refractivity contribution in [1.82, 2.24) is 14.7 Å². The molecule has 2 heterocycles. The molecule has 0 N–H and O–H groups in total. The molecule has 13 heteroatoms. The lowest BCUT2D eigenvalue weighted by molar-refractivity contribution is 0.0923. The summed E-state index contributed by atoms with van der Waals surface area (Å²) >= 11 is 0. The molecule has 11 nitrogen and oxygen atoms in total. The number of hydrogen-bond donors (Lipinski definition) is 0. The van der Waals surface area contributed by atoms with Crippen LogP contribution in [0.3, 0.4) is 0 Å². The molecule has 1 atom stereocenters. The van der Waals surface area contributed by atoms with Crippen molar-refractivity contribution in [2.24, 2.45) is 0 Å². The summed E-state index contributed by atoms with van der Waals surface area (Å²) in [7, 11) is -2.36. The number of anilines is 1. The average Bonchev–Trinajstić information content (AvgIpc) is 2.99. The normalized spacial score (nSPS) is 18.2. The SMILES string of the molecule is COCCN1CCN(C(=O)N2C(=O)N(c3cccc(CF)c3)C(C)=C(C#N)[C@H]2c2ccc(C#N)cc2S(C)(=O)=O)CC1. The zero-order valence-corrected chi connectivity index (χ0v) is 24.4. The first-order valence-electron chi connectivity index (χ1n) is 13.2. The van der Waals surface area contributed by atoms with Crippen LogP contribution in [-0.2, 0) is 21.2 Å². The zero-order valence-electron chi connectivity index (χ0n) is 23.6. The fourth-order valence-electron chi connectivity index (χ4n) is 5.21. The van der Waals surface area contributed by atoms with Crippen molar-refractivity contribution in [3.05, 3.63) is 70.4 Å². The van der Waals surface area contributed by atoms with Gasteiger partial charge in [-0.3, -0.25) is 9.80 Å². The first-order chi connectivity index (χ1) is 20.0. The van der Waals surface area contributed by atoms with E-state index in [1.54, 1.807) is 25.3 Å². The maximum Gasteiger partial charge on any atom is 0.337 e. The third kappa shape index (κ3) is 5.99. The quantitative estimate of drug-likeness (QED) is 0.474. The molecular formula is C29H31FN6O5S. The van der Waals surface area contributed by atoms with Crippen molar-refractivity contribution in [3.8, 4) is 12.1 Å². The smallest absolute Gasteiger partial charge is 0.337 e. The van der Waals surface area contributed by atoms with Crippen molar-refractivity contribution in [1.29, 1.82) is 10.5 Å². The van der Waals surface area contributed by atoms with Gasteiger partial charge in [-0.1, -0.05) is 18.2 Å². The van der Waals surface area contributed by atoms with Crippen molar-refractivity contribution in [2.45, 2.75) is 24.5 Å². The Labute approximate surface area is 244 Å². The van der Waals surface area contributed by atoms with Gasteiger partial charge >= 0.3 is 12.1 Å². The van der Waals surface area contributed by atoms with Crippen LogP contribution in [0.4, 0.5) is 19.7 Å². The number of carbonyl (C=O) groups is 2. The second-order valence-electron chi connectivity index (χ2n) is 10.0. The zero-order chi connectivity index (χ0) is 30.6. The molecule has 4 rings (SSSR count). The van der Waals surface area contributed by atoms with E-state index in [1.165, 1.54) is 41.0 Å². The van der Waals surface area contributed by atoms with Crippen LogP contribution >= 0.6 is 0 Å². The molecule has 42 heavy (non-hydrogen) atoms. The molecule has 2 aromatic carbocycles. The van der Waals surface area contributed by atoms with E-state index in [4.69, 9.17) is 4.74 Å². The summed E-state index contributed by atoms with van der Waals surface area (Å²) in [6.45, 7) is 3.55. The minimum atomic E-state index is -3.97. The number of nitrogens with zero attached hydrogens (tertiary/aromatic N) is 6. The van der Waals surface area contributed by atoms with Gasteiger partial charge in [-0.25, -0.2) is 27.3 Å². The van der Waals surface area contributed by atoms with Gasteiger partial charge in [0.15, 0.2) is 9.84 Å². The van der Waals surface area contributed by atoms with Crippen LogP contribution in [0, 0.1) is 22.7 Å². The van der Waals surface area contributed by atoms with E-state index in [2.05, 4.69) is 11.0 Å². The van der Waals surface area contributed by atoms with Gasteiger partial charge < -0.3 is 9.64 Å². The summed E-state index contributed by atoms with van der Waals surface area (Å²) in [5.41, 5.74) is 0.761. The standard InChI is InChI=1S/C29H31FN6O5S/c1-20-25(19-32)27(24-8-7-22(18-31)16-26(24)42(3,39)40)36(28(37)34-11-9-33(10-12-34)13-14-41-2)29(38)35(20)23-6-4-5-21(15-23)17-30/h4-8,15-16,27H,9-14,17H2,1-3H3/t27-/m1/s1. The van der Waals surface area contributed by atoms with Crippen molar-refractivity contribution in [3.63, 3.8) is 0 Å². The summed E-state index contributed by atoms with van der Waals surface area (Å²) < 4.78 is 44.5. The fraction of sp³-hybridized carbons (Fsp3) is 0.379. The van der Waals surface area contributed by atoms with E-state index in [9.17, 15) is 32.9 Å². The van der Waals surface area contributed by atoms with Gasteiger partial charge in [-0.05, 0) is 42.3 Å². The van der Waals surface area contributed by atoms with Crippen molar-refractivity contribution >= 4 is 27.6 Å². The lowest BCUT2D eigenvalue weighted by atomic mass is 9.93. The average molecular weight is 595 g/mol. The number of sulfone groups is 1. The minimum Gasteiger partial charge on any atom is -0.383 e. The Bertz CT molecular complexity index is 1600. The summed E-state index contributed by atoms with van der Waals surface area (Å²) in [6.07, 6.45) is 0.959. The number of nitriles is 2. The molecule has 0 aliphatic carbocycles. The van der Waals surface area contributed by atoms with Gasteiger partial charge in [0, 0.05) is 51.8 Å². The predicted molar refractivity (Wildman–Crippen MR) is 152 cm³/mol. The van der Waals surface area contributed by atoms with Gasteiger partial charge in [-0.2, -0.15) is 10.5 Å². The number of allylic oxidation sites excluding steroid dienone is 1. The Hall–Kier alpha value is -4.30. The molecular weight excluding hydrogens is 563 g/mol. The highest BCUT2D eigenvalue weighted by atomic mass is 32.2. The highest BCUT2D eigenvalue weighted by molar-refractivity contribution is 7.90. The van der Waals surface area contributed by atoms with Crippen LogP contribution in [0.15, 0.2) is 58.6 Å². The summed E-state index contributed by atoms with van der Waals surface area (Å²) in [4.78, 5) is 33.9. The molecule has 1 saturated heterocycles. The molecule has 0 aromatic heterocycles. The molecule has 0 unspecified atom stereocenters. The van der Waals surface area contributed by atoms with Gasteiger partial charge in [-0.15, -0.1) is 0 Å². The fourth-order valence-corrected chi connectivity index (χ4v) is 6.16. The van der Waals surface area contributed by atoms with E-state index in [-0.39, 0.29) is 46.1 Å². The maximum atomic E-state index is 14.3. The number of urea groups is 2. The summed E-state index contributed by atoms with van der Waals surface area (Å²) in [5, 5.41) is 19.8. The molecule has 2 aliphatic rings. The van der Waals surface area contributed by atoms with E-state index < -0.39 is 34.6 Å². The number of benzene rings is 2. The Balaban J connectivity index is 1.89. The lowest BCUT2D eigenvalue weighted by Gasteiger charge is -2.44. The Morgan fingerprint density at radius 3 is 2.40 bits per heavy atom. The molecule has 0 saturated carbocycles. The van der Waals surface area contributed by atoms with Gasteiger partial charge in [0.1, 0.15) is 12.7 Å². The summed E-state index contributed by atoms with van der Waals surface area (Å²) in [6, 6.07) is 11.1. The van der Waals surface area contributed by atoms with E-state index in [0.717, 1.165) is 11.2 Å². The Morgan fingerprint density at radius 2 is 1.81 bits per heavy atom. The number of imide groups is 1. The first-order valence-corrected chi connectivity index (χ1v) is 15.1. The highest BCUT2D eigenvalue weighted by Gasteiger charge is 2.46. The molecule has 0 bridgehead atoms. The summed E-state index contributed by atoms with van der Waals surface area (Å²) in [5.74, 6) is 0. The van der Waals surface area contributed by atoms with E-state index >= 15 is 0 Å². The maximum absolute atomic E-state index is 14.3. The van der Waals surface area contributed by atoms with Crippen LogP contribution in [-0.4, -0.2) is 87.9 Å². The molecule has 1 fully saturated rings. The van der Waals surface area contributed by atoms with Gasteiger partial charge in [0.05, 0.1) is 40.5 Å². The number of hydrogen-bond acceptors (Lipinski definition) is 8. The number of ether oxygens (including phenoxy) is 1. The molecule has 2 aromatic rings. The number of piperazine rings is 1. The van der Waals surface area contributed by atoms with Crippen LogP contribution in [0.5, 0.6) is 0 Å². The van der Waals surface area contributed by atoms with E-state index in [1.807, 2.05) is 6.07 Å². The highest BCUT2D eigenvalue weighted by Crippen LogP contribution is 2.42. The minimum absolute atomic E-state index is 0.0185. The molecule has 0 spiro atoms. The van der Waals surface area contributed by atoms with Crippen LogP contribution in [0.2, 0.25) is 0 Å². The predicted octanol–water partition coefficient (Wildman–Crippen LogP) is 3.60. The largest absolute Gasteiger partial charge is 0.383 e. The lowest BCUT2D eigenvalue weighted by Crippen LogP contribution is -2.59. The second-order valence-corrected chi connectivity index (χ2v) is 12.0. The number of alkyl halides is 1. The van der Waals surface area contributed by atoms with Gasteiger partial charge in [0.2, 0.25) is 0 Å². The molecule has 0 radical (unpaired) electrons. The number of rotatable bonds is 7. The topological polar surface area (TPSA) is 138 Å². The van der Waals surface area contributed by atoms with Crippen LogP contribution < -0.4 is 4.90 Å². The van der Waals surface area contributed by atoms with Crippen LogP contribution in [0.25, 0.3) is 0 Å². The Morgan fingerprint density at radius 1 is 1.10 bits per heavy atom. The third-order valence-electron chi connectivity index (χ3n) is 7.39. The van der Waals surface area contributed by atoms with Crippen molar-refractivity contribution in [2.75, 3.05) is 57.6 Å². The number of amides is 4. The molecule has 4 amide bonds. The number of carbonyl (C=O) groups excluding carboxylic acids is 2. The van der Waals surface area contributed by atoms with Gasteiger partial charge in [0.25, 0.3) is 0 Å². The number of methoxy groups -OCH3 is 1. The monoisotopic (exact) mass is 594 g/mol. The molecule has 2 aliphatic heterocycles. The second kappa shape index (κ2) is 12.7. The van der Waals surface area contributed by atoms with Crippen molar-refractivity contribution < 1.29 is 27.1 Å². The third-order valence-corrected chi connectivity index (χ3v) is 8.55. The molecule has 220 valence electrons. The first kappa shape index (κ1) is 30.7.